The van der Waals surface area contributed by atoms with Crippen molar-refractivity contribution in [3.63, 3.8) is 0 Å². The van der Waals surface area contributed by atoms with Crippen LogP contribution in [0.4, 0.5) is 5.69 Å². The van der Waals surface area contributed by atoms with E-state index in [2.05, 4.69) is 0 Å². The second-order valence-corrected chi connectivity index (χ2v) is 5.11. The smallest absolute Gasteiger partial charge is 0.337 e. The number of hydrogen-bond donors (Lipinski definition) is 1. The maximum Gasteiger partial charge on any atom is 0.337 e. The van der Waals surface area contributed by atoms with Gasteiger partial charge in [0.25, 0.3) is 0 Å². The molecule has 1 aromatic carbocycles. The number of ether oxygens (including phenoxy) is 2. The lowest BCUT2D eigenvalue weighted by molar-refractivity contribution is -0.219. The van der Waals surface area contributed by atoms with Crippen molar-refractivity contribution in [1.82, 2.24) is 0 Å². The molecule has 2 rings (SSSR count). The zero-order valence-corrected chi connectivity index (χ0v) is 12.0. The fourth-order valence-corrected chi connectivity index (χ4v) is 2.70. The molecule has 0 unspecified atom stereocenters. The summed E-state index contributed by atoms with van der Waals surface area (Å²) in [5.74, 6) is -1.79. The van der Waals surface area contributed by atoms with Crippen LogP contribution in [0.2, 0.25) is 10.0 Å². The third kappa shape index (κ3) is 2.51. The summed E-state index contributed by atoms with van der Waals surface area (Å²) < 4.78 is 10.5. The summed E-state index contributed by atoms with van der Waals surface area (Å²) in [7, 11) is 3.09. The van der Waals surface area contributed by atoms with Crippen LogP contribution < -0.4 is 4.90 Å². The molecule has 5 nitrogen and oxygen atoms in total. The number of hydrogen-bond acceptors (Lipinski definition) is 4. The molecule has 1 aliphatic rings. The third-order valence-electron chi connectivity index (χ3n) is 3.18. The van der Waals surface area contributed by atoms with Gasteiger partial charge in [-0.15, -0.1) is 0 Å². The molecule has 1 fully saturated rings. The summed E-state index contributed by atoms with van der Waals surface area (Å²) >= 11 is 11.9. The summed E-state index contributed by atoms with van der Waals surface area (Å²) in [6.45, 7) is 0.809. The summed E-state index contributed by atoms with van der Waals surface area (Å²) in [6.07, 6.45) is 0. The van der Waals surface area contributed by atoms with Gasteiger partial charge in [0.05, 0.1) is 29.4 Å². The number of anilines is 1. The first-order chi connectivity index (χ1) is 8.92. The molecular formula is C12H13Cl2NO4. The number of aromatic carboxylic acids is 1. The number of nitrogens with zero attached hydrogens (tertiary/aromatic N) is 1. The van der Waals surface area contributed by atoms with Gasteiger partial charge in [0.15, 0.2) is 0 Å². The number of carboxylic acid groups (broad SMARTS) is 1. The van der Waals surface area contributed by atoms with E-state index in [-0.39, 0.29) is 10.6 Å². The van der Waals surface area contributed by atoms with E-state index in [1.807, 2.05) is 0 Å². The van der Waals surface area contributed by atoms with E-state index in [4.69, 9.17) is 32.7 Å². The van der Waals surface area contributed by atoms with Gasteiger partial charge in [-0.1, -0.05) is 23.2 Å². The fourth-order valence-electron chi connectivity index (χ4n) is 2.09. The molecule has 0 saturated carbocycles. The van der Waals surface area contributed by atoms with Gasteiger partial charge < -0.3 is 19.5 Å². The minimum Gasteiger partial charge on any atom is -0.478 e. The zero-order chi connectivity index (χ0) is 14.2. The molecule has 0 bridgehead atoms. The summed E-state index contributed by atoms with van der Waals surface area (Å²) in [5, 5.41) is 9.81. The normalized spacial score (nSPS) is 17.2. The number of methoxy groups -OCH3 is 2. The van der Waals surface area contributed by atoms with Crippen LogP contribution >= 0.6 is 23.2 Å². The van der Waals surface area contributed by atoms with Crippen LogP contribution in [0.25, 0.3) is 0 Å². The summed E-state index contributed by atoms with van der Waals surface area (Å²) in [5.41, 5.74) is 0.501. The monoisotopic (exact) mass is 305 g/mol. The fraction of sp³-hybridized carbons (Fsp3) is 0.417. The van der Waals surface area contributed by atoms with E-state index in [1.165, 1.54) is 12.1 Å². The van der Waals surface area contributed by atoms with Crippen molar-refractivity contribution in [3.8, 4) is 0 Å². The molecule has 19 heavy (non-hydrogen) atoms. The number of benzene rings is 1. The first-order valence-electron chi connectivity index (χ1n) is 5.50. The summed E-state index contributed by atoms with van der Waals surface area (Å²) in [4.78, 5) is 13.1. The van der Waals surface area contributed by atoms with Gasteiger partial charge >= 0.3 is 5.97 Å². The minimum absolute atomic E-state index is 0.0679. The molecule has 0 aromatic heterocycles. The number of carbonyl (C=O) groups is 1. The highest BCUT2D eigenvalue weighted by Crippen LogP contribution is 2.39. The lowest BCUT2D eigenvalue weighted by atomic mass is 10.0. The Morgan fingerprint density at radius 3 is 2.37 bits per heavy atom. The first-order valence-corrected chi connectivity index (χ1v) is 6.25. The highest BCUT2D eigenvalue weighted by molar-refractivity contribution is 6.37. The molecular weight excluding hydrogens is 293 g/mol. The Bertz CT molecular complexity index is 509. The Kier molecular flexibility index (Phi) is 3.92. The van der Waals surface area contributed by atoms with Gasteiger partial charge in [0.2, 0.25) is 5.79 Å². The zero-order valence-electron chi connectivity index (χ0n) is 10.4. The lowest BCUT2D eigenvalue weighted by Gasteiger charge is -2.49. The van der Waals surface area contributed by atoms with Crippen LogP contribution in [-0.2, 0) is 9.47 Å². The van der Waals surface area contributed by atoms with Crippen molar-refractivity contribution >= 4 is 34.9 Å². The largest absolute Gasteiger partial charge is 0.478 e. The predicted octanol–water partition coefficient (Wildman–Crippen LogP) is 2.50. The molecule has 1 N–H and O–H groups in total. The number of rotatable bonds is 4. The molecule has 1 heterocycles. The standard InChI is InChI=1S/C12H13Cl2NO4/c1-18-12(19-2)5-15(6-12)10-8(11(16)17)3-7(13)4-9(10)14/h3-4H,5-6H2,1-2H3,(H,16,17). The second-order valence-electron chi connectivity index (χ2n) is 4.26. The van der Waals surface area contributed by atoms with E-state index in [1.54, 1.807) is 19.1 Å². The Labute approximate surface area is 120 Å². The van der Waals surface area contributed by atoms with Crippen molar-refractivity contribution in [2.75, 3.05) is 32.2 Å². The second kappa shape index (κ2) is 5.17. The molecule has 0 spiro atoms. The SMILES string of the molecule is COC1(OC)CN(c2c(Cl)cc(Cl)cc2C(=O)O)C1. The van der Waals surface area contributed by atoms with Gasteiger partial charge in [0.1, 0.15) is 0 Å². The van der Waals surface area contributed by atoms with Gasteiger partial charge in [-0.2, -0.15) is 0 Å². The minimum atomic E-state index is -1.08. The molecule has 0 atom stereocenters. The third-order valence-corrected chi connectivity index (χ3v) is 3.69. The summed E-state index contributed by atoms with van der Waals surface area (Å²) in [6, 6.07) is 2.90. The van der Waals surface area contributed by atoms with E-state index >= 15 is 0 Å². The lowest BCUT2D eigenvalue weighted by Crippen LogP contribution is -2.64. The number of halogens is 2. The first kappa shape index (κ1) is 14.4. The van der Waals surface area contributed by atoms with Crippen LogP contribution in [0.15, 0.2) is 12.1 Å². The van der Waals surface area contributed by atoms with Crippen LogP contribution in [0.1, 0.15) is 10.4 Å². The Morgan fingerprint density at radius 2 is 1.89 bits per heavy atom. The highest BCUT2D eigenvalue weighted by Gasteiger charge is 2.45. The topological polar surface area (TPSA) is 59.0 Å². The van der Waals surface area contributed by atoms with Crippen molar-refractivity contribution in [2.24, 2.45) is 0 Å². The average molecular weight is 306 g/mol. The van der Waals surface area contributed by atoms with E-state index < -0.39 is 11.8 Å². The van der Waals surface area contributed by atoms with Crippen LogP contribution in [-0.4, -0.2) is 44.2 Å². The van der Waals surface area contributed by atoms with Gasteiger partial charge in [-0.3, -0.25) is 0 Å². The molecule has 1 aromatic rings. The van der Waals surface area contributed by atoms with Crippen molar-refractivity contribution in [1.29, 1.82) is 0 Å². The molecule has 0 aliphatic carbocycles. The Hall–Kier alpha value is -1.01. The van der Waals surface area contributed by atoms with Crippen LogP contribution in [0, 0.1) is 0 Å². The van der Waals surface area contributed by atoms with E-state index in [0.717, 1.165) is 0 Å². The molecule has 0 radical (unpaired) electrons. The van der Waals surface area contributed by atoms with Crippen molar-refractivity contribution in [3.05, 3.63) is 27.7 Å². The predicted molar refractivity (Wildman–Crippen MR) is 72.4 cm³/mol. The van der Waals surface area contributed by atoms with Gasteiger partial charge in [0, 0.05) is 19.2 Å². The van der Waals surface area contributed by atoms with E-state index in [0.29, 0.717) is 23.8 Å². The van der Waals surface area contributed by atoms with Gasteiger partial charge in [-0.25, -0.2) is 4.79 Å². The van der Waals surface area contributed by atoms with Gasteiger partial charge in [-0.05, 0) is 12.1 Å². The van der Waals surface area contributed by atoms with Crippen molar-refractivity contribution < 1.29 is 19.4 Å². The quantitative estimate of drug-likeness (QED) is 0.866. The number of carboxylic acids is 1. The average Bonchev–Trinajstić information content (AvgIpc) is 2.30. The highest BCUT2D eigenvalue weighted by atomic mass is 35.5. The van der Waals surface area contributed by atoms with Crippen molar-refractivity contribution in [2.45, 2.75) is 5.79 Å². The van der Waals surface area contributed by atoms with Crippen LogP contribution in [0.3, 0.4) is 0 Å². The molecule has 1 aliphatic heterocycles. The van der Waals surface area contributed by atoms with Crippen LogP contribution in [0.5, 0.6) is 0 Å². The maximum atomic E-state index is 11.3. The molecule has 1 saturated heterocycles. The molecule has 104 valence electrons. The molecule has 7 heteroatoms. The van der Waals surface area contributed by atoms with E-state index in [9.17, 15) is 9.90 Å². The Balaban J connectivity index is 2.34. The maximum absolute atomic E-state index is 11.3. The Morgan fingerprint density at radius 1 is 1.32 bits per heavy atom. The molecule has 0 amide bonds.